The third kappa shape index (κ3) is 4.07. The first-order valence-electron chi connectivity index (χ1n) is 7.42. The minimum Gasteiger partial charge on any atom is -0.383 e. The van der Waals surface area contributed by atoms with Crippen molar-refractivity contribution >= 4 is 11.8 Å². The summed E-state index contributed by atoms with van der Waals surface area (Å²) in [7, 11) is 1.63. The van der Waals surface area contributed by atoms with Crippen LogP contribution in [0.4, 0.5) is 0 Å². The maximum Gasteiger partial charge on any atom is 0.242 e. The highest BCUT2D eigenvalue weighted by Crippen LogP contribution is 2.21. The Morgan fingerprint density at radius 2 is 2.30 bits per heavy atom. The van der Waals surface area contributed by atoms with Gasteiger partial charge in [0, 0.05) is 33.2 Å². The van der Waals surface area contributed by atoms with E-state index in [9.17, 15) is 9.59 Å². The van der Waals surface area contributed by atoms with Crippen molar-refractivity contribution in [3.8, 4) is 0 Å². The Hall–Kier alpha value is -1.36. The molecule has 0 aromatic carbocycles. The molecule has 0 saturated carbocycles. The van der Waals surface area contributed by atoms with E-state index in [-0.39, 0.29) is 18.4 Å². The molecule has 112 valence electrons. The van der Waals surface area contributed by atoms with Crippen LogP contribution in [-0.2, 0) is 14.3 Å². The second kappa shape index (κ2) is 7.43. The number of carbonyl (C=O) groups is 2. The number of rotatable bonds is 5. The summed E-state index contributed by atoms with van der Waals surface area (Å²) in [6, 6.07) is 0. The van der Waals surface area contributed by atoms with E-state index in [1.807, 2.05) is 0 Å². The molecule has 5 nitrogen and oxygen atoms in total. The lowest BCUT2D eigenvalue weighted by atomic mass is 10.0. The zero-order valence-corrected chi connectivity index (χ0v) is 12.2. The first-order valence-corrected chi connectivity index (χ1v) is 7.42. The second-order valence-corrected chi connectivity index (χ2v) is 5.51. The Morgan fingerprint density at radius 3 is 3.00 bits per heavy atom. The van der Waals surface area contributed by atoms with Crippen molar-refractivity contribution in [2.45, 2.75) is 25.7 Å². The lowest BCUT2D eigenvalue weighted by Gasteiger charge is -2.22. The molecule has 1 atom stereocenters. The van der Waals surface area contributed by atoms with E-state index in [1.165, 1.54) is 0 Å². The maximum atomic E-state index is 12.3. The van der Waals surface area contributed by atoms with Crippen molar-refractivity contribution in [1.29, 1.82) is 0 Å². The zero-order valence-electron chi connectivity index (χ0n) is 12.2. The SMILES string of the molecule is COCCN1CCCN(C(=O)CC2C=CCC2)CC1=O. The van der Waals surface area contributed by atoms with E-state index in [4.69, 9.17) is 4.74 Å². The first-order chi connectivity index (χ1) is 9.70. The van der Waals surface area contributed by atoms with E-state index in [0.29, 0.717) is 32.0 Å². The summed E-state index contributed by atoms with van der Waals surface area (Å²) in [5.41, 5.74) is 0. The normalized spacial score (nSPS) is 23.2. The number of nitrogens with zero attached hydrogens (tertiary/aromatic N) is 2. The van der Waals surface area contributed by atoms with Gasteiger partial charge in [-0.3, -0.25) is 9.59 Å². The summed E-state index contributed by atoms with van der Waals surface area (Å²) >= 11 is 0. The van der Waals surface area contributed by atoms with Crippen LogP contribution in [0.3, 0.4) is 0 Å². The average Bonchev–Trinajstić information content (AvgIpc) is 2.86. The molecule has 0 N–H and O–H groups in total. The molecule has 1 aliphatic heterocycles. The zero-order chi connectivity index (χ0) is 14.4. The molecule has 1 heterocycles. The van der Waals surface area contributed by atoms with Crippen LogP contribution < -0.4 is 0 Å². The molecular formula is C15H24N2O3. The summed E-state index contributed by atoms with van der Waals surface area (Å²) in [6.45, 7) is 2.79. The van der Waals surface area contributed by atoms with Gasteiger partial charge in [-0.2, -0.15) is 0 Å². The fourth-order valence-corrected chi connectivity index (χ4v) is 2.79. The standard InChI is InChI=1S/C15H24N2O3/c1-20-10-9-16-7-4-8-17(12-15(16)19)14(18)11-13-5-2-3-6-13/h2,5,13H,3-4,6-12H2,1H3. The minimum atomic E-state index is 0.0369. The molecule has 0 bridgehead atoms. The Bertz CT molecular complexity index is 381. The molecule has 2 amide bonds. The lowest BCUT2D eigenvalue weighted by Crippen LogP contribution is -2.40. The van der Waals surface area contributed by atoms with Crippen molar-refractivity contribution < 1.29 is 14.3 Å². The predicted molar refractivity (Wildman–Crippen MR) is 76.1 cm³/mol. The molecule has 0 aromatic rings. The highest BCUT2D eigenvalue weighted by Gasteiger charge is 2.26. The number of hydrogen-bond acceptors (Lipinski definition) is 3. The number of carbonyl (C=O) groups excluding carboxylic acids is 2. The second-order valence-electron chi connectivity index (χ2n) is 5.51. The highest BCUT2D eigenvalue weighted by molar-refractivity contribution is 5.85. The van der Waals surface area contributed by atoms with E-state index in [0.717, 1.165) is 25.8 Å². The highest BCUT2D eigenvalue weighted by atomic mass is 16.5. The maximum absolute atomic E-state index is 12.3. The number of allylic oxidation sites excluding steroid dienone is 2. The molecule has 5 heteroatoms. The van der Waals surface area contributed by atoms with E-state index in [2.05, 4.69) is 12.2 Å². The number of amides is 2. The Labute approximate surface area is 120 Å². The van der Waals surface area contributed by atoms with Gasteiger partial charge in [0.25, 0.3) is 0 Å². The van der Waals surface area contributed by atoms with Crippen LogP contribution in [0, 0.1) is 5.92 Å². The van der Waals surface area contributed by atoms with Gasteiger partial charge in [0.05, 0.1) is 13.2 Å². The molecule has 1 aliphatic carbocycles. The van der Waals surface area contributed by atoms with Gasteiger partial charge in [-0.15, -0.1) is 0 Å². The van der Waals surface area contributed by atoms with Crippen LogP contribution in [-0.4, -0.2) is 61.5 Å². The Morgan fingerprint density at radius 1 is 1.45 bits per heavy atom. The summed E-state index contributed by atoms with van der Waals surface area (Å²) in [5, 5.41) is 0. The van der Waals surface area contributed by atoms with Crippen molar-refractivity contribution in [2.24, 2.45) is 5.92 Å². The van der Waals surface area contributed by atoms with Crippen LogP contribution in [0.15, 0.2) is 12.2 Å². The fourth-order valence-electron chi connectivity index (χ4n) is 2.79. The average molecular weight is 280 g/mol. The van der Waals surface area contributed by atoms with Gasteiger partial charge < -0.3 is 14.5 Å². The monoisotopic (exact) mass is 280 g/mol. The third-order valence-electron chi connectivity index (χ3n) is 4.00. The largest absolute Gasteiger partial charge is 0.383 e. The van der Waals surface area contributed by atoms with Crippen molar-refractivity contribution in [2.75, 3.05) is 39.9 Å². The number of methoxy groups -OCH3 is 1. The van der Waals surface area contributed by atoms with E-state index in [1.54, 1.807) is 16.9 Å². The van der Waals surface area contributed by atoms with E-state index < -0.39 is 0 Å². The number of ether oxygens (including phenoxy) is 1. The van der Waals surface area contributed by atoms with Crippen molar-refractivity contribution in [3.63, 3.8) is 0 Å². The summed E-state index contributed by atoms with van der Waals surface area (Å²) in [5.74, 6) is 0.517. The summed E-state index contributed by atoms with van der Waals surface area (Å²) in [4.78, 5) is 27.9. The molecule has 1 saturated heterocycles. The van der Waals surface area contributed by atoms with Crippen LogP contribution >= 0.6 is 0 Å². The number of hydrogen-bond donors (Lipinski definition) is 0. The fraction of sp³-hybridized carbons (Fsp3) is 0.733. The molecule has 1 fully saturated rings. The summed E-state index contributed by atoms with van der Waals surface area (Å²) in [6.07, 6.45) is 7.79. The smallest absolute Gasteiger partial charge is 0.242 e. The Balaban J connectivity index is 1.85. The van der Waals surface area contributed by atoms with Crippen LogP contribution in [0.1, 0.15) is 25.7 Å². The summed E-state index contributed by atoms with van der Waals surface area (Å²) < 4.78 is 5.01. The minimum absolute atomic E-state index is 0.0369. The molecule has 1 unspecified atom stereocenters. The Kier molecular flexibility index (Phi) is 5.59. The van der Waals surface area contributed by atoms with E-state index >= 15 is 0 Å². The molecular weight excluding hydrogens is 256 g/mol. The quantitative estimate of drug-likeness (QED) is 0.707. The molecule has 0 radical (unpaired) electrons. The van der Waals surface area contributed by atoms with Gasteiger partial charge in [0.2, 0.25) is 11.8 Å². The third-order valence-corrected chi connectivity index (χ3v) is 4.00. The molecule has 2 aliphatic rings. The van der Waals surface area contributed by atoms with Crippen LogP contribution in [0.2, 0.25) is 0 Å². The van der Waals surface area contributed by atoms with Gasteiger partial charge in [-0.25, -0.2) is 0 Å². The van der Waals surface area contributed by atoms with Gasteiger partial charge >= 0.3 is 0 Å². The molecule has 20 heavy (non-hydrogen) atoms. The van der Waals surface area contributed by atoms with Gasteiger partial charge in [0.15, 0.2) is 0 Å². The molecule has 2 rings (SSSR count). The van der Waals surface area contributed by atoms with Gasteiger partial charge in [0.1, 0.15) is 0 Å². The van der Waals surface area contributed by atoms with Crippen molar-refractivity contribution in [1.82, 2.24) is 9.80 Å². The molecule has 0 spiro atoms. The van der Waals surface area contributed by atoms with Crippen molar-refractivity contribution in [3.05, 3.63) is 12.2 Å². The topological polar surface area (TPSA) is 49.9 Å². The van der Waals surface area contributed by atoms with Crippen LogP contribution in [0.25, 0.3) is 0 Å². The first kappa shape index (κ1) is 15.0. The van der Waals surface area contributed by atoms with Crippen LogP contribution in [0.5, 0.6) is 0 Å². The molecule has 0 aromatic heterocycles. The van der Waals surface area contributed by atoms with Gasteiger partial charge in [-0.05, 0) is 25.2 Å². The lowest BCUT2D eigenvalue weighted by molar-refractivity contribution is -0.139. The predicted octanol–water partition coefficient (Wildman–Crippen LogP) is 1.05. The van der Waals surface area contributed by atoms with Gasteiger partial charge in [-0.1, -0.05) is 12.2 Å².